The summed E-state index contributed by atoms with van der Waals surface area (Å²) in [6, 6.07) is 16.5. The molecule has 0 fully saturated rings. The maximum Gasteiger partial charge on any atom is 0.339 e. The minimum Gasteiger partial charge on any atom is -0.379 e. The van der Waals surface area contributed by atoms with Gasteiger partial charge in [0.25, 0.3) is 0 Å². The van der Waals surface area contributed by atoms with E-state index in [0.29, 0.717) is 10.9 Å². The molecular weight excluding hydrogens is 380 g/mol. The van der Waals surface area contributed by atoms with Crippen LogP contribution < -0.4 is 9.08 Å². The van der Waals surface area contributed by atoms with Crippen LogP contribution in [0.1, 0.15) is 5.56 Å². The molecule has 3 rings (SSSR count). The fraction of sp³-hybridized carbons (Fsp3) is 0.100. The molecule has 0 unspecified atom stereocenters. The third kappa shape index (κ3) is 4.12. The van der Waals surface area contributed by atoms with E-state index in [0.717, 1.165) is 17.3 Å². The van der Waals surface area contributed by atoms with Gasteiger partial charge in [-0.05, 0) is 29.8 Å². The molecule has 0 bridgehead atoms. The lowest BCUT2D eigenvalue weighted by Crippen LogP contribution is -2.12. The summed E-state index contributed by atoms with van der Waals surface area (Å²) < 4.78 is 31.1. The van der Waals surface area contributed by atoms with Crippen molar-refractivity contribution < 1.29 is 17.5 Å². The molecule has 28 heavy (non-hydrogen) atoms. The quantitative estimate of drug-likeness (QED) is 0.355. The number of benzene rings is 3. The van der Waals surface area contributed by atoms with Crippen molar-refractivity contribution in [3.05, 3.63) is 82.5 Å². The summed E-state index contributed by atoms with van der Waals surface area (Å²) in [7, 11) is -0.336. The number of anilines is 1. The highest BCUT2D eigenvalue weighted by Crippen LogP contribution is 2.31. The molecule has 0 aliphatic carbocycles. The van der Waals surface area contributed by atoms with Crippen molar-refractivity contribution in [1.82, 2.24) is 0 Å². The van der Waals surface area contributed by atoms with Crippen LogP contribution in [0.3, 0.4) is 0 Å². The minimum atomic E-state index is -4.11. The first-order valence-electron chi connectivity index (χ1n) is 8.33. The SMILES string of the molecule is CN(C)c1cccc2c(S(=O)(=O)Oc3cccc(/C=C/[N+](=O)[O-])c3)cccc12. The van der Waals surface area contributed by atoms with Crippen molar-refractivity contribution in [3.63, 3.8) is 0 Å². The molecular formula is C20H18N2O5S. The molecule has 8 heteroatoms. The smallest absolute Gasteiger partial charge is 0.339 e. The lowest BCUT2D eigenvalue weighted by Gasteiger charge is -2.17. The van der Waals surface area contributed by atoms with Crippen LogP contribution in [-0.4, -0.2) is 27.4 Å². The van der Waals surface area contributed by atoms with E-state index in [4.69, 9.17) is 4.18 Å². The van der Waals surface area contributed by atoms with Gasteiger partial charge in [-0.15, -0.1) is 0 Å². The predicted molar refractivity (Wildman–Crippen MR) is 109 cm³/mol. The molecule has 0 aromatic heterocycles. The summed E-state index contributed by atoms with van der Waals surface area (Å²) in [5, 5.41) is 11.8. The third-order valence-corrected chi connectivity index (χ3v) is 5.37. The number of nitrogens with zero attached hydrogens (tertiary/aromatic N) is 2. The van der Waals surface area contributed by atoms with E-state index in [9.17, 15) is 18.5 Å². The van der Waals surface area contributed by atoms with Crippen LogP contribution in [0.5, 0.6) is 5.75 Å². The van der Waals surface area contributed by atoms with Gasteiger partial charge in [0.15, 0.2) is 0 Å². The van der Waals surface area contributed by atoms with Crippen LogP contribution in [-0.2, 0) is 10.1 Å². The first-order chi connectivity index (χ1) is 13.3. The minimum absolute atomic E-state index is 0.0555. The Labute approximate surface area is 162 Å². The summed E-state index contributed by atoms with van der Waals surface area (Å²) in [6.45, 7) is 0. The van der Waals surface area contributed by atoms with Gasteiger partial charge in [0, 0.05) is 36.6 Å². The number of fused-ring (bicyclic) bond motifs is 1. The normalized spacial score (nSPS) is 11.6. The highest BCUT2D eigenvalue weighted by Gasteiger charge is 2.21. The fourth-order valence-electron chi connectivity index (χ4n) is 2.86. The van der Waals surface area contributed by atoms with Crippen molar-refractivity contribution in [1.29, 1.82) is 0 Å². The van der Waals surface area contributed by atoms with Crippen molar-refractivity contribution in [2.24, 2.45) is 0 Å². The van der Waals surface area contributed by atoms with Crippen LogP contribution >= 0.6 is 0 Å². The van der Waals surface area contributed by atoms with E-state index in [1.54, 1.807) is 30.3 Å². The van der Waals surface area contributed by atoms with Gasteiger partial charge >= 0.3 is 10.1 Å². The van der Waals surface area contributed by atoms with Crippen LogP contribution in [0.2, 0.25) is 0 Å². The van der Waals surface area contributed by atoms with Crippen molar-refractivity contribution in [2.45, 2.75) is 4.90 Å². The van der Waals surface area contributed by atoms with Gasteiger partial charge in [-0.3, -0.25) is 10.1 Å². The van der Waals surface area contributed by atoms with E-state index >= 15 is 0 Å². The first-order valence-corrected chi connectivity index (χ1v) is 9.74. The van der Waals surface area contributed by atoms with Gasteiger partial charge in [0.05, 0.1) is 4.92 Å². The Bertz CT molecular complexity index is 1170. The molecule has 0 heterocycles. The Morgan fingerprint density at radius 1 is 1.00 bits per heavy atom. The van der Waals surface area contributed by atoms with E-state index in [1.807, 2.05) is 31.1 Å². The molecule has 0 aliphatic heterocycles. The molecule has 0 saturated heterocycles. The maximum atomic E-state index is 12.9. The third-order valence-electron chi connectivity index (χ3n) is 4.06. The zero-order valence-corrected chi connectivity index (χ0v) is 16.1. The maximum absolute atomic E-state index is 12.9. The molecule has 0 amide bonds. The van der Waals surface area contributed by atoms with E-state index in [-0.39, 0.29) is 10.6 Å². The van der Waals surface area contributed by atoms with Gasteiger partial charge in [-0.2, -0.15) is 8.42 Å². The Morgan fingerprint density at radius 2 is 1.68 bits per heavy atom. The summed E-state index contributed by atoms with van der Waals surface area (Å²) in [4.78, 5) is 11.8. The largest absolute Gasteiger partial charge is 0.379 e. The predicted octanol–water partition coefficient (Wildman–Crippen LogP) is 3.92. The van der Waals surface area contributed by atoms with Crippen molar-refractivity contribution in [2.75, 3.05) is 19.0 Å². The van der Waals surface area contributed by atoms with E-state index in [1.165, 1.54) is 24.3 Å². The second-order valence-corrected chi connectivity index (χ2v) is 7.75. The molecule has 0 N–H and O–H groups in total. The fourth-order valence-corrected chi connectivity index (χ4v) is 4.00. The lowest BCUT2D eigenvalue weighted by atomic mass is 10.1. The average molecular weight is 398 g/mol. The number of hydrogen-bond acceptors (Lipinski definition) is 6. The van der Waals surface area contributed by atoms with Gasteiger partial charge in [0.1, 0.15) is 10.6 Å². The van der Waals surface area contributed by atoms with Crippen molar-refractivity contribution >= 4 is 32.7 Å². The van der Waals surface area contributed by atoms with Gasteiger partial charge in [0.2, 0.25) is 6.20 Å². The van der Waals surface area contributed by atoms with Gasteiger partial charge in [-0.25, -0.2) is 0 Å². The highest BCUT2D eigenvalue weighted by atomic mass is 32.2. The second-order valence-electron chi connectivity index (χ2n) is 6.23. The van der Waals surface area contributed by atoms with E-state index < -0.39 is 15.0 Å². The van der Waals surface area contributed by atoms with E-state index in [2.05, 4.69) is 0 Å². The summed E-state index contributed by atoms with van der Waals surface area (Å²) in [5.41, 5.74) is 1.35. The summed E-state index contributed by atoms with van der Waals surface area (Å²) in [5.74, 6) is 0.0752. The first kappa shape index (κ1) is 19.4. The molecule has 0 saturated carbocycles. The Hall–Kier alpha value is -3.39. The standard InChI is InChI=1S/C20H18N2O5S/c1-21(2)19-10-4-9-18-17(19)8-5-11-20(18)28(25,26)27-16-7-3-6-15(14-16)12-13-22(23)24/h3-14H,1-2H3/b13-12+. The zero-order chi connectivity index (χ0) is 20.3. The molecule has 3 aromatic rings. The molecule has 0 aliphatic rings. The van der Waals surface area contributed by atoms with Crippen molar-refractivity contribution in [3.8, 4) is 5.75 Å². The molecule has 0 spiro atoms. The number of nitro groups is 1. The van der Waals surface area contributed by atoms with Gasteiger partial charge < -0.3 is 9.08 Å². The molecule has 144 valence electrons. The Balaban J connectivity index is 2.02. The number of rotatable bonds is 6. The van der Waals surface area contributed by atoms with Gasteiger partial charge in [-0.1, -0.05) is 36.4 Å². The van der Waals surface area contributed by atoms with Crippen LogP contribution in [0.25, 0.3) is 16.8 Å². The second kappa shape index (κ2) is 7.69. The zero-order valence-electron chi connectivity index (χ0n) is 15.3. The van der Waals surface area contributed by atoms with Crippen LogP contribution in [0, 0.1) is 10.1 Å². The lowest BCUT2D eigenvalue weighted by molar-refractivity contribution is -0.400. The highest BCUT2D eigenvalue weighted by molar-refractivity contribution is 7.87. The van der Waals surface area contributed by atoms with Crippen LogP contribution in [0.4, 0.5) is 5.69 Å². The Kier molecular flexibility index (Phi) is 5.32. The average Bonchev–Trinajstić information content (AvgIpc) is 2.65. The number of hydrogen-bond donors (Lipinski definition) is 0. The molecule has 3 aromatic carbocycles. The topological polar surface area (TPSA) is 89.8 Å². The summed E-state index contributed by atoms with van der Waals surface area (Å²) in [6.07, 6.45) is 2.04. The molecule has 7 nitrogen and oxygen atoms in total. The van der Waals surface area contributed by atoms with Crippen LogP contribution in [0.15, 0.2) is 71.8 Å². The summed E-state index contributed by atoms with van der Waals surface area (Å²) >= 11 is 0. The molecule has 0 atom stereocenters. The monoisotopic (exact) mass is 398 g/mol. The Morgan fingerprint density at radius 3 is 2.39 bits per heavy atom. The molecule has 0 radical (unpaired) electrons.